The molecule has 1 aromatic rings. The molecule has 0 aliphatic carbocycles. The number of hydrogen-bond donors (Lipinski definition) is 2. The maximum atomic E-state index is 8.98. The third-order valence-electron chi connectivity index (χ3n) is 2.12. The van der Waals surface area contributed by atoms with Crippen molar-refractivity contribution in [3.8, 4) is 0 Å². The molecule has 0 aliphatic heterocycles. The average Bonchev–Trinajstić information content (AvgIpc) is 2.35. The molecule has 6 heteroatoms. The zero-order valence-corrected chi connectivity index (χ0v) is 12.5. The van der Waals surface area contributed by atoms with Crippen molar-refractivity contribution < 1.29 is 5.11 Å². The van der Waals surface area contributed by atoms with Crippen molar-refractivity contribution in [3.63, 3.8) is 0 Å². The van der Waals surface area contributed by atoms with Crippen LogP contribution in [0.4, 0.5) is 5.82 Å². The molecule has 0 fully saturated rings. The van der Waals surface area contributed by atoms with Crippen LogP contribution in [0, 0.1) is 5.92 Å². The number of anilines is 1. The van der Waals surface area contributed by atoms with Crippen LogP contribution in [-0.2, 0) is 0 Å². The van der Waals surface area contributed by atoms with Gasteiger partial charge in [-0.1, -0.05) is 13.8 Å². The van der Waals surface area contributed by atoms with E-state index >= 15 is 0 Å². The van der Waals surface area contributed by atoms with Gasteiger partial charge in [-0.25, -0.2) is 9.97 Å². The van der Waals surface area contributed by atoms with Crippen LogP contribution >= 0.6 is 27.7 Å². The Morgan fingerprint density at radius 3 is 2.94 bits per heavy atom. The van der Waals surface area contributed by atoms with Crippen LogP contribution < -0.4 is 5.32 Å². The lowest BCUT2D eigenvalue weighted by atomic mass is 10.2. The number of halogens is 1. The number of aliphatic hydroxyl groups is 1. The van der Waals surface area contributed by atoms with E-state index < -0.39 is 0 Å². The van der Waals surface area contributed by atoms with Gasteiger partial charge in [-0.05, 0) is 28.3 Å². The van der Waals surface area contributed by atoms with Gasteiger partial charge in [0.25, 0.3) is 0 Å². The molecule has 0 saturated heterocycles. The molecular weight excluding hydrogens is 302 g/mol. The minimum atomic E-state index is 0.205. The zero-order valence-electron chi connectivity index (χ0n) is 10.1. The monoisotopic (exact) mass is 319 g/mol. The third kappa shape index (κ3) is 4.81. The quantitative estimate of drug-likeness (QED) is 0.598. The Labute approximate surface area is 115 Å². The van der Waals surface area contributed by atoms with E-state index in [4.69, 9.17) is 5.11 Å². The van der Waals surface area contributed by atoms with Gasteiger partial charge in [0.2, 0.25) is 0 Å². The standard InChI is InChI=1S/C11H18BrN3OS/c1-3-4-13-10-9(12)11(15-7-14-10)17-6-8(2)5-16/h7-8,16H,3-6H2,1-2H3,(H,13,14,15). The summed E-state index contributed by atoms with van der Waals surface area (Å²) in [6.45, 7) is 5.22. The number of aromatic nitrogens is 2. The molecule has 1 aromatic heterocycles. The Balaban J connectivity index is 2.65. The number of nitrogens with zero attached hydrogens (tertiary/aromatic N) is 2. The summed E-state index contributed by atoms with van der Waals surface area (Å²) in [4.78, 5) is 8.43. The van der Waals surface area contributed by atoms with Gasteiger partial charge in [0.05, 0.1) is 4.47 Å². The predicted molar refractivity (Wildman–Crippen MR) is 75.5 cm³/mol. The molecule has 96 valence electrons. The summed E-state index contributed by atoms with van der Waals surface area (Å²) in [5, 5.41) is 13.1. The highest BCUT2D eigenvalue weighted by atomic mass is 79.9. The molecule has 0 amide bonds. The molecule has 0 aromatic carbocycles. The van der Waals surface area contributed by atoms with Gasteiger partial charge in [0.1, 0.15) is 17.2 Å². The lowest BCUT2D eigenvalue weighted by Crippen LogP contribution is -2.06. The first-order chi connectivity index (χ1) is 8.19. The Hall–Kier alpha value is -0.330. The van der Waals surface area contributed by atoms with Crippen LogP contribution in [0.3, 0.4) is 0 Å². The molecule has 0 radical (unpaired) electrons. The number of hydrogen-bond acceptors (Lipinski definition) is 5. The van der Waals surface area contributed by atoms with Crippen molar-refractivity contribution in [1.29, 1.82) is 0 Å². The minimum Gasteiger partial charge on any atom is -0.396 e. The van der Waals surface area contributed by atoms with Crippen molar-refractivity contribution in [1.82, 2.24) is 9.97 Å². The fourth-order valence-corrected chi connectivity index (χ4v) is 2.68. The molecule has 0 bridgehead atoms. The van der Waals surface area contributed by atoms with Crippen LogP contribution in [-0.4, -0.2) is 34.0 Å². The van der Waals surface area contributed by atoms with Gasteiger partial charge >= 0.3 is 0 Å². The van der Waals surface area contributed by atoms with Crippen molar-refractivity contribution in [2.45, 2.75) is 25.3 Å². The van der Waals surface area contributed by atoms with Crippen LogP contribution in [0.5, 0.6) is 0 Å². The maximum absolute atomic E-state index is 8.98. The highest BCUT2D eigenvalue weighted by Gasteiger charge is 2.10. The molecular formula is C11H18BrN3OS. The van der Waals surface area contributed by atoms with Gasteiger partial charge in [-0.3, -0.25) is 0 Å². The summed E-state index contributed by atoms with van der Waals surface area (Å²) in [7, 11) is 0. The molecule has 1 heterocycles. The fourth-order valence-electron chi connectivity index (χ4n) is 1.09. The highest BCUT2D eigenvalue weighted by molar-refractivity contribution is 9.10. The van der Waals surface area contributed by atoms with Gasteiger partial charge in [-0.15, -0.1) is 11.8 Å². The molecule has 1 unspecified atom stereocenters. The Bertz CT molecular complexity index is 351. The second kappa shape index (κ2) is 7.89. The summed E-state index contributed by atoms with van der Waals surface area (Å²) in [5.41, 5.74) is 0. The largest absolute Gasteiger partial charge is 0.396 e. The molecule has 2 N–H and O–H groups in total. The number of thioether (sulfide) groups is 1. The summed E-state index contributed by atoms with van der Waals surface area (Å²) in [6.07, 6.45) is 2.62. The van der Waals surface area contributed by atoms with E-state index in [1.807, 2.05) is 6.92 Å². The first-order valence-electron chi connectivity index (χ1n) is 5.67. The molecule has 0 aliphatic rings. The predicted octanol–water partition coefficient (Wildman–Crippen LogP) is 2.78. The first kappa shape index (κ1) is 14.7. The lowest BCUT2D eigenvalue weighted by molar-refractivity contribution is 0.250. The van der Waals surface area contributed by atoms with E-state index in [1.165, 1.54) is 0 Å². The number of rotatable bonds is 7. The average molecular weight is 320 g/mol. The van der Waals surface area contributed by atoms with Gasteiger partial charge in [0, 0.05) is 18.9 Å². The van der Waals surface area contributed by atoms with Crippen LogP contribution in [0.2, 0.25) is 0 Å². The summed E-state index contributed by atoms with van der Waals surface area (Å²) < 4.78 is 0.906. The molecule has 0 spiro atoms. The number of aliphatic hydroxyl groups excluding tert-OH is 1. The number of nitrogens with one attached hydrogen (secondary N) is 1. The van der Waals surface area contributed by atoms with E-state index in [0.29, 0.717) is 0 Å². The minimum absolute atomic E-state index is 0.205. The molecule has 0 saturated carbocycles. The SMILES string of the molecule is CCCNc1ncnc(SCC(C)CO)c1Br. The molecule has 4 nitrogen and oxygen atoms in total. The van der Waals surface area contributed by atoms with E-state index in [9.17, 15) is 0 Å². The Morgan fingerprint density at radius 1 is 1.53 bits per heavy atom. The van der Waals surface area contributed by atoms with E-state index in [-0.39, 0.29) is 12.5 Å². The van der Waals surface area contributed by atoms with E-state index in [2.05, 4.69) is 38.1 Å². The maximum Gasteiger partial charge on any atom is 0.144 e. The molecule has 1 atom stereocenters. The molecule has 1 rings (SSSR count). The van der Waals surface area contributed by atoms with Gasteiger partial charge < -0.3 is 10.4 Å². The van der Waals surface area contributed by atoms with Crippen molar-refractivity contribution in [2.75, 3.05) is 24.2 Å². The zero-order chi connectivity index (χ0) is 12.7. The smallest absolute Gasteiger partial charge is 0.144 e. The van der Waals surface area contributed by atoms with Crippen LogP contribution in [0.25, 0.3) is 0 Å². The topological polar surface area (TPSA) is 58.0 Å². The lowest BCUT2D eigenvalue weighted by Gasteiger charge is -2.10. The second-order valence-electron chi connectivity index (χ2n) is 3.87. The van der Waals surface area contributed by atoms with Crippen LogP contribution in [0.15, 0.2) is 15.8 Å². The fraction of sp³-hybridized carbons (Fsp3) is 0.636. The Morgan fingerprint density at radius 2 is 2.29 bits per heavy atom. The van der Waals surface area contributed by atoms with Gasteiger partial charge in [-0.2, -0.15) is 0 Å². The third-order valence-corrected chi connectivity index (χ3v) is 4.45. The summed E-state index contributed by atoms with van der Waals surface area (Å²) in [5.74, 6) is 1.95. The highest BCUT2D eigenvalue weighted by Crippen LogP contribution is 2.30. The van der Waals surface area contributed by atoms with E-state index in [1.54, 1.807) is 18.1 Å². The van der Waals surface area contributed by atoms with Crippen molar-refractivity contribution in [2.24, 2.45) is 5.92 Å². The van der Waals surface area contributed by atoms with Crippen molar-refractivity contribution >= 4 is 33.5 Å². The second-order valence-corrected chi connectivity index (χ2v) is 5.67. The summed E-state index contributed by atoms with van der Waals surface area (Å²) in [6, 6.07) is 0. The Kier molecular flexibility index (Phi) is 6.84. The van der Waals surface area contributed by atoms with Gasteiger partial charge in [0.15, 0.2) is 0 Å². The van der Waals surface area contributed by atoms with Crippen molar-refractivity contribution in [3.05, 3.63) is 10.8 Å². The molecule has 17 heavy (non-hydrogen) atoms. The van der Waals surface area contributed by atoms with E-state index in [0.717, 1.165) is 34.0 Å². The first-order valence-corrected chi connectivity index (χ1v) is 7.44. The normalized spacial score (nSPS) is 12.5. The van der Waals surface area contributed by atoms with Crippen LogP contribution in [0.1, 0.15) is 20.3 Å². The summed E-state index contributed by atoms with van der Waals surface area (Å²) >= 11 is 5.14.